The molecule has 5 nitrogen and oxygen atoms in total. The first-order chi connectivity index (χ1) is 6.81. The second-order valence-electron chi connectivity index (χ2n) is 3.18. The van der Waals surface area contributed by atoms with Crippen LogP contribution >= 0.6 is 0 Å². The van der Waals surface area contributed by atoms with Crippen molar-refractivity contribution in [1.82, 2.24) is 14.9 Å². The van der Waals surface area contributed by atoms with Crippen LogP contribution in [0.1, 0.15) is 16.9 Å². The fourth-order valence-electron chi connectivity index (χ4n) is 1.25. The summed E-state index contributed by atoms with van der Waals surface area (Å²) in [5.74, 6) is 0.650. The highest BCUT2D eigenvalue weighted by atomic mass is 16.2. The van der Waals surface area contributed by atoms with Crippen molar-refractivity contribution in [2.75, 3.05) is 25.5 Å². The van der Waals surface area contributed by atoms with E-state index in [2.05, 4.69) is 15.3 Å². The van der Waals surface area contributed by atoms with Crippen LogP contribution in [0.2, 0.25) is 0 Å². The topological polar surface area (TPSA) is 58.1 Å². The Morgan fingerprint density at radius 3 is 2.64 bits per heavy atom. The first-order valence-corrected chi connectivity index (χ1v) is 4.60. The molecule has 5 heteroatoms. The van der Waals surface area contributed by atoms with Gasteiger partial charge in [0.05, 0.1) is 12.4 Å². The molecule has 1 aliphatic heterocycles. The quantitative estimate of drug-likeness (QED) is 0.735. The van der Waals surface area contributed by atoms with Crippen molar-refractivity contribution in [3.05, 3.63) is 18.1 Å². The zero-order chi connectivity index (χ0) is 9.97. The summed E-state index contributed by atoms with van der Waals surface area (Å²) in [4.78, 5) is 21.5. The summed E-state index contributed by atoms with van der Waals surface area (Å²) in [6.45, 7) is 1.68. The van der Waals surface area contributed by atoms with Gasteiger partial charge >= 0.3 is 0 Å². The minimum Gasteiger partial charge on any atom is -0.372 e. The lowest BCUT2D eigenvalue weighted by Crippen LogP contribution is -2.42. The highest BCUT2D eigenvalue weighted by molar-refractivity contribution is 5.92. The number of rotatable bonds is 2. The second-order valence-corrected chi connectivity index (χ2v) is 3.18. The molecule has 0 saturated carbocycles. The van der Waals surface area contributed by atoms with E-state index >= 15 is 0 Å². The molecule has 1 aromatic heterocycles. The van der Waals surface area contributed by atoms with Crippen molar-refractivity contribution >= 4 is 11.7 Å². The second kappa shape index (κ2) is 3.61. The zero-order valence-corrected chi connectivity index (χ0v) is 8.03. The lowest BCUT2D eigenvalue weighted by Gasteiger charge is -2.30. The molecule has 0 bridgehead atoms. The molecule has 2 heterocycles. The normalized spacial score (nSPS) is 14.8. The maximum atomic E-state index is 11.6. The molecule has 1 aromatic rings. The fourth-order valence-corrected chi connectivity index (χ4v) is 1.25. The van der Waals surface area contributed by atoms with Gasteiger partial charge in [0.25, 0.3) is 5.91 Å². The molecule has 0 aromatic carbocycles. The van der Waals surface area contributed by atoms with E-state index in [1.54, 1.807) is 18.1 Å². The van der Waals surface area contributed by atoms with Gasteiger partial charge in [-0.25, -0.2) is 9.97 Å². The van der Waals surface area contributed by atoms with Crippen LogP contribution in [-0.4, -0.2) is 40.9 Å². The molecule has 0 atom stereocenters. The van der Waals surface area contributed by atoms with E-state index in [-0.39, 0.29) is 5.91 Å². The molecule has 0 aliphatic carbocycles. The van der Waals surface area contributed by atoms with Gasteiger partial charge in [0.2, 0.25) is 0 Å². The van der Waals surface area contributed by atoms with Crippen LogP contribution in [0.3, 0.4) is 0 Å². The number of aromatic nitrogens is 2. The number of anilines is 1. The van der Waals surface area contributed by atoms with Gasteiger partial charge in [-0.3, -0.25) is 4.79 Å². The van der Waals surface area contributed by atoms with Gasteiger partial charge in [0, 0.05) is 20.1 Å². The predicted octanol–water partition coefficient (Wildman–Crippen LogP) is 0.364. The van der Waals surface area contributed by atoms with Crippen LogP contribution in [0.25, 0.3) is 0 Å². The summed E-state index contributed by atoms with van der Waals surface area (Å²) < 4.78 is 0. The van der Waals surface area contributed by atoms with Crippen LogP contribution < -0.4 is 5.32 Å². The van der Waals surface area contributed by atoms with Gasteiger partial charge in [0.1, 0.15) is 11.5 Å². The third-order valence-corrected chi connectivity index (χ3v) is 2.27. The van der Waals surface area contributed by atoms with Crippen LogP contribution in [-0.2, 0) is 0 Å². The highest BCUT2D eigenvalue weighted by Crippen LogP contribution is 2.10. The monoisotopic (exact) mass is 192 g/mol. The molecule has 0 unspecified atom stereocenters. The maximum Gasteiger partial charge on any atom is 0.274 e. The molecule has 74 valence electrons. The standard InChI is InChI=1S/C9H12N4O/c1-10-8-6-11-7(5-12-8)9(14)13-3-2-4-13/h5-6H,2-4H2,1H3,(H,10,12). The molecule has 1 saturated heterocycles. The third-order valence-electron chi connectivity index (χ3n) is 2.27. The Labute approximate surface area is 82.2 Å². The molecule has 1 fully saturated rings. The number of hydrogen-bond donors (Lipinski definition) is 1. The SMILES string of the molecule is CNc1cnc(C(=O)N2CCC2)cn1. The largest absolute Gasteiger partial charge is 0.372 e. The Hall–Kier alpha value is -1.65. The third kappa shape index (κ3) is 1.53. The molecule has 1 amide bonds. The molecule has 14 heavy (non-hydrogen) atoms. The van der Waals surface area contributed by atoms with Crippen molar-refractivity contribution in [2.24, 2.45) is 0 Å². The summed E-state index contributed by atoms with van der Waals surface area (Å²) in [5, 5.41) is 2.85. The van der Waals surface area contributed by atoms with Gasteiger partial charge in [-0.1, -0.05) is 0 Å². The van der Waals surface area contributed by atoms with Gasteiger partial charge in [-0.15, -0.1) is 0 Å². The van der Waals surface area contributed by atoms with Gasteiger partial charge < -0.3 is 10.2 Å². The van der Waals surface area contributed by atoms with Crippen LogP contribution in [0.5, 0.6) is 0 Å². The molecule has 1 N–H and O–H groups in total. The van der Waals surface area contributed by atoms with Crippen molar-refractivity contribution in [2.45, 2.75) is 6.42 Å². The van der Waals surface area contributed by atoms with Gasteiger partial charge in [-0.05, 0) is 6.42 Å². The summed E-state index contributed by atoms with van der Waals surface area (Å²) in [6, 6.07) is 0. The number of carbonyl (C=O) groups is 1. The number of nitrogens with zero attached hydrogens (tertiary/aromatic N) is 3. The average Bonchev–Trinajstić information content (AvgIpc) is 2.15. The van der Waals surface area contributed by atoms with Crippen LogP contribution in [0, 0.1) is 0 Å². The van der Waals surface area contributed by atoms with Gasteiger partial charge in [0.15, 0.2) is 0 Å². The van der Waals surface area contributed by atoms with E-state index in [9.17, 15) is 4.79 Å². The Morgan fingerprint density at radius 2 is 2.21 bits per heavy atom. The molecular weight excluding hydrogens is 180 g/mol. The van der Waals surface area contributed by atoms with E-state index in [1.165, 1.54) is 6.20 Å². The van der Waals surface area contributed by atoms with Gasteiger partial charge in [-0.2, -0.15) is 0 Å². The van der Waals surface area contributed by atoms with E-state index in [4.69, 9.17) is 0 Å². The number of hydrogen-bond acceptors (Lipinski definition) is 4. The number of likely N-dealkylation sites (tertiary alicyclic amines) is 1. The van der Waals surface area contributed by atoms with E-state index in [0.717, 1.165) is 19.5 Å². The Balaban J connectivity index is 2.11. The Kier molecular flexibility index (Phi) is 2.30. The fraction of sp³-hybridized carbons (Fsp3) is 0.444. The van der Waals surface area contributed by atoms with Crippen molar-refractivity contribution < 1.29 is 4.79 Å². The van der Waals surface area contributed by atoms with Crippen molar-refractivity contribution in [3.63, 3.8) is 0 Å². The highest BCUT2D eigenvalue weighted by Gasteiger charge is 2.22. The smallest absolute Gasteiger partial charge is 0.274 e. The summed E-state index contributed by atoms with van der Waals surface area (Å²) >= 11 is 0. The first kappa shape index (κ1) is 8.93. The molecule has 1 aliphatic rings. The predicted molar refractivity (Wildman–Crippen MR) is 52.1 cm³/mol. The Bertz CT molecular complexity index is 331. The van der Waals surface area contributed by atoms with Crippen LogP contribution in [0.4, 0.5) is 5.82 Å². The molecule has 2 rings (SSSR count). The molecule has 0 radical (unpaired) electrons. The van der Waals surface area contributed by atoms with Crippen LogP contribution in [0.15, 0.2) is 12.4 Å². The van der Waals surface area contributed by atoms with Crippen molar-refractivity contribution in [3.8, 4) is 0 Å². The number of nitrogens with one attached hydrogen (secondary N) is 1. The van der Waals surface area contributed by atoms with E-state index in [0.29, 0.717) is 11.5 Å². The zero-order valence-electron chi connectivity index (χ0n) is 8.03. The number of carbonyl (C=O) groups excluding carboxylic acids is 1. The Morgan fingerprint density at radius 1 is 1.43 bits per heavy atom. The van der Waals surface area contributed by atoms with E-state index in [1.807, 2.05) is 0 Å². The number of amides is 1. The summed E-state index contributed by atoms with van der Waals surface area (Å²) in [7, 11) is 1.76. The minimum absolute atomic E-state index is 0.0218. The maximum absolute atomic E-state index is 11.6. The lowest BCUT2D eigenvalue weighted by atomic mass is 10.2. The lowest BCUT2D eigenvalue weighted by molar-refractivity contribution is 0.0645. The van der Waals surface area contributed by atoms with Crippen molar-refractivity contribution in [1.29, 1.82) is 0 Å². The first-order valence-electron chi connectivity index (χ1n) is 4.60. The minimum atomic E-state index is -0.0218. The molecular formula is C9H12N4O. The summed E-state index contributed by atoms with van der Waals surface area (Å²) in [6.07, 6.45) is 4.16. The average molecular weight is 192 g/mol. The molecule has 0 spiro atoms. The summed E-state index contributed by atoms with van der Waals surface area (Å²) in [5.41, 5.74) is 0.420. The van der Waals surface area contributed by atoms with E-state index < -0.39 is 0 Å².